The first-order valence-electron chi connectivity index (χ1n) is 9.73. The normalized spacial score (nSPS) is 10.4. The largest absolute Gasteiger partial charge is 0.456 e. The van der Waals surface area contributed by atoms with Gasteiger partial charge in [0.15, 0.2) is 12.4 Å². The maximum Gasteiger partial charge on any atom is 0.325 e. The molecule has 158 valence electrons. The topological polar surface area (TPSA) is 102 Å². The average molecular weight is 410 g/mol. The van der Waals surface area contributed by atoms with Crippen molar-refractivity contribution in [1.82, 2.24) is 5.32 Å². The fourth-order valence-corrected chi connectivity index (χ4v) is 2.62. The van der Waals surface area contributed by atoms with Gasteiger partial charge in [-0.05, 0) is 35.7 Å². The van der Waals surface area contributed by atoms with Crippen molar-refractivity contribution < 1.29 is 23.9 Å². The minimum Gasteiger partial charge on any atom is -0.456 e. The number of amides is 2. The molecule has 2 rings (SSSR count). The van der Waals surface area contributed by atoms with Crippen LogP contribution >= 0.6 is 0 Å². The van der Waals surface area contributed by atoms with Gasteiger partial charge in [0.2, 0.25) is 11.8 Å². The molecule has 0 aliphatic rings. The standard InChI is InChI=1S/C23H26N2O5/c1-16(2)12-22(28)25-19-10-8-18(9-11-19)20(26)15-30-23(29)14-24-21(27)13-17-6-4-3-5-7-17/h3-11,16H,12-15H2,1-2H3,(H,24,27)(H,25,28). The lowest BCUT2D eigenvalue weighted by atomic mass is 10.1. The molecule has 0 bridgehead atoms. The van der Waals surface area contributed by atoms with Crippen molar-refractivity contribution >= 4 is 29.3 Å². The predicted molar refractivity (Wildman–Crippen MR) is 113 cm³/mol. The number of rotatable bonds is 10. The second-order valence-electron chi connectivity index (χ2n) is 7.25. The molecule has 0 heterocycles. The lowest BCUT2D eigenvalue weighted by molar-refractivity contribution is -0.142. The Morgan fingerprint density at radius 2 is 1.57 bits per heavy atom. The van der Waals surface area contributed by atoms with Gasteiger partial charge in [0.25, 0.3) is 0 Å². The van der Waals surface area contributed by atoms with Gasteiger partial charge in [0.1, 0.15) is 6.54 Å². The third-order valence-electron chi connectivity index (χ3n) is 4.09. The number of benzene rings is 2. The summed E-state index contributed by atoms with van der Waals surface area (Å²) in [7, 11) is 0. The summed E-state index contributed by atoms with van der Waals surface area (Å²) in [6.45, 7) is 3.18. The van der Waals surface area contributed by atoms with E-state index in [2.05, 4.69) is 10.6 Å². The molecule has 0 saturated carbocycles. The van der Waals surface area contributed by atoms with Crippen LogP contribution < -0.4 is 10.6 Å². The van der Waals surface area contributed by atoms with E-state index in [0.717, 1.165) is 5.56 Å². The van der Waals surface area contributed by atoms with Crippen LogP contribution in [0.2, 0.25) is 0 Å². The van der Waals surface area contributed by atoms with Gasteiger partial charge in [0.05, 0.1) is 6.42 Å². The molecule has 2 aromatic rings. The van der Waals surface area contributed by atoms with Crippen LogP contribution in [0.1, 0.15) is 36.2 Å². The Bertz CT molecular complexity index is 876. The summed E-state index contributed by atoms with van der Waals surface area (Å²) in [5, 5.41) is 5.23. The van der Waals surface area contributed by atoms with Gasteiger partial charge < -0.3 is 15.4 Å². The highest BCUT2D eigenvalue weighted by molar-refractivity contribution is 5.99. The second kappa shape index (κ2) is 11.5. The minimum absolute atomic E-state index is 0.0904. The molecule has 0 aliphatic carbocycles. The number of anilines is 1. The summed E-state index contributed by atoms with van der Waals surface area (Å²) in [6, 6.07) is 15.5. The molecular formula is C23H26N2O5. The van der Waals surface area contributed by atoms with E-state index in [-0.39, 0.29) is 36.5 Å². The molecule has 0 fully saturated rings. The Labute approximate surface area is 175 Å². The van der Waals surface area contributed by atoms with Crippen molar-refractivity contribution in [3.63, 3.8) is 0 Å². The van der Waals surface area contributed by atoms with Crippen molar-refractivity contribution in [1.29, 1.82) is 0 Å². The van der Waals surface area contributed by atoms with E-state index in [1.165, 1.54) is 0 Å². The van der Waals surface area contributed by atoms with Crippen LogP contribution in [-0.2, 0) is 25.5 Å². The number of hydrogen-bond donors (Lipinski definition) is 2. The Balaban J connectivity index is 1.72. The van der Waals surface area contributed by atoms with E-state index in [9.17, 15) is 19.2 Å². The number of nitrogens with one attached hydrogen (secondary N) is 2. The Hall–Kier alpha value is -3.48. The van der Waals surface area contributed by atoms with Crippen LogP contribution in [-0.4, -0.2) is 36.7 Å². The van der Waals surface area contributed by atoms with E-state index in [1.54, 1.807) is 24.3 Å². The molecule has 0 atom stereocenters. The molecule has 2 aromatic carbocycles. The van der Waals surface area contributed by atoms with Gasteiger partial charge >= 0.3 is 5.97 Å². The zero-order chi connectivity index (χ0) is 21.9. The molecule has 0 aliphatic heterocycles. The molecule has 0 spiro atoms. The maximum atomic E-state index is 12.2. The molecule has 0 unspecified atom stereocenters. The SMILES string of the molecule is CC(C)CC(=O)Nc1ccc(C(=O)COC(=O)CNC(=O)Cc2ccccc2)cc1. The van der Waals surface area contributed by atoms with Crippen molar-refractivity contribution in [2.75, 3.05) is 18.5 Å². The fraction of sp³-hybridized carbons (Fsp3) is 0.304. The molecular weight excluding hydrogens is 384 g/mol. The second-order valence-corrected chi connectivity index (χ2v) is 7.25. The van der Waals surface area contributed by atoms with Crippen LogP contribution in [0.15, 0.2) is 54.6 Å². The first-order chi connectivity index (χ1) is 14.3. The van der Waals surface area contributed by atoms with Gasteiger partial charge in [-0.2, -0.15) is 0 Å². The lowest BCUT2D eigenvalue weighted by Gasteiger charge is -2.08. The summed E-state index contributed by atoms with van der Waals surface area (Å²) in [4.78, 5) is 47.5. The van der Waals surface area contributed by atoms with Crippen LogP contribution in [0.5, 0.6) is 0 Å². The van der Waals surface area contributed by atoms with Crippen LogP contribution in [0, 0.1) is 5.92 Å². The molecule has 0 aromatic heterocycles. The third-order valence-corrected chi connectivity index (χ3v) is 4.09. The molecule has 30 heavy (non-hydrogen) atoms. The maximum absolute atomic E-state index is 12.2. The average Bonchev–Trinajstić information content (AvgIpc) is 2.71. The Morgan fingerprint density at radius 3 is 2.20 bits per heavy atom. The number of ether oxygens (including phenoxy) is 1. The highest BCUT2D eigenvalue weighted by Gasteiger charge is 2.12. The zero-order valence-corrected chi connectivity index (χ0v) is 17.1. The number of carbonyl (C=O) groups is 4. The van der Waals surface area contributed by atoms with Crippen molar-refractivity contribution in [3.8, 4) is 0 Å². The highest BCUT2D eigenvalue weighted by atomic mass is 16.5. The molecule has 0 saturated heterocycles. The molecule has 7 heteroatoms. The van der Waals surface area contributed by atoms with Crippen LogP contribution in [0.3, 0.4) is 0 Å². The van der Waals surface area contributed by atoms with Crippen LogP contribution in [0.25, 0.3) is 0 Å². The molecule has 7 nitrogen and oxygen atoms in total. The third kappa shape index (κ3) is 8.26. The number of carbonyl (C=O) groups excluding carboxylic acids is 4. The Morgan fingerprint density at radius 1 is 0.900 bits per heavy atom. The highest BCUT2D eigenvalue weighted by Crippen LogP contribution is 2.12. The van der Waals surface area contributed by atoms with Crippen molar-refractivity contribution in [2.24, 2.45) is 5.92 Å². The number of ketones is 1. The number of Topliss-reactive ketones (excluding diaryl/α,β-unsaturated/α-hetero) is 1. The first kappa shape index (κ1) is 22.8. The summed E-state index contributed by atoms with van der Waals surface area (Å²) in [5.41, 5.74) is 1.79. The Kier molecular flexibility index (Phi) is 8.75. The van der Waals surface area contributed by atoms with Gasteiger partial charge in [0, 0.05) is 17.7 Å². The lowest BCUT2D eigenvalue weighted by Crippen LogP contribution is -2.32. The van der Waals surface area contributed by atoms with E-state index in [4.69, 9.17) is 4.74 Å². The summed E-state index contributed by atoms with van der Waals surface area (Å²) in [6.07, 6.45) is 0.575. The summed E-state index contributed by atoms with van der Waals surface area (Å²) < 4.78 is 4.92. The van der Waals surface area contributed by atoms with Gasteiger partial charge in [-0.25, -0.2) is 0 Å². The van der Waals surface area contributed by atoms with E-state index < -0.39 is 12.6 Å². The van der Waals surface area contributed by atoms with E-state index in [1.807, 2.05) is 44.2 Å². The molecule has 2 N–H and O–H groups in total. The monoisotopic (exact) mass is 410 g/mol. The molecule has 2 amide bonds. The minimum atomic E-state index is -0.692. The van der Waals surface area contributed by atoms with Gasteiger partial charge in [-0.3, -0.25) is 19.2 Å². The fourth-order valence-electron chi connectivity index (χ4n) is 2.62. The van der Waals surface area contributed by atoms with E-state index in [0.29, 0.717) is 17.7 Å². The zero-order valence-electron chi connectivity index (χ0n) is 17.1. The van der Waals surface area contributed by atoms with Gasteiger partial charge in [-0.15, -0.1) is 0 Å². The smallest absolute Gasteiger partial charge is 0.325 e. The number of hydrogen-bond acceptors (Lipinski definition) is 5. The van der Waals surface area contributed by atoms with Crippen molar-refractivity contribution in [3.05, 3.63) is 65.7 Å². The first-order valence-corrected chi connectivity index (χ1v) is 9.73. The van der Waals surface area contributed by atoms with E-state index >= 15 is 0 Å². The van der Waals surface area contributed by atoms with Crippen molar-refractivity contribution in [2.45, 2.75) is 26.7 Å². The summed E-state index contributed by atoms with van der Waals surface area (Å²) in [5.74, 6) is -1.21. The van der Waals surface area contributed by atoms with Crippen LogP contribution in [0.4, 0.5) is 5.69 Å². The van der Waals surface area contributed by atoms with Gasteiger partial charge in [-0.1, -0.05) is 44.2 Å². The molecule has 0 radical (unpaired) electrons. The quantitative estimate of drug-likeness (QED) is 0.463. The predicted octanol–water partition coefficient (Wildman–Crippen LogP) is 2.76. The number of esters is 1. The summed E-state index contributed by atoms with van der Waals surface area (Å²) >= 11 is 0.